The van der Waals surface area contributed by atoms with Crippen molar-refractivity contribution in [3.8, 4) is 0 Å². The van der Waals surface area contributed by atoms with Crippen LogP contribution in [-0.4, -0.2) is 32.2 Å². The Morgan fingerprint density at radius 1 is 1.47 bits per heavy atom. The van der Waals surface area contributed by atoms with Gasteiger partial charge in [-0.3, -0.25) is 0 Å². The molecule has 2 rings (SSSR count). The molecule has 6 nitrogen and oxygen atoms in total. The maximum atomic E-state index is 10.9. The highest BCUT2D eigenvalue weighted by Gasteiger charge is 2.06. The lowest BCUT2D eigenvalue weighted by Crippen LogP contribution is -2.08. The maximum absolute atomic E-state index is 10.9. The Balaban J connectivity index is 1.87. The number of hydrogen-bond acceptors (Lipinski definition) is 4. The van der Waals surface area contributed by atoms with Crippen LogP contribution in [0.1, 0.15) is 22.5 Å². The van der Waals surface area contributed by atoms with Crippen LogP contribution in [0.3, 0.4) is 0 Å². The van der Waals surface area contributed by atoms with Crippen molar-refractivity contribution in [2.75, 3.05) is 11.9 Å². The average Bonchev–Trinajstić information content (AvgIpc) is 2.87. The number of hydrogen-bond donors (Lipinski definition) is 2. The quantitative estimate of drug-likeness (QED) is 0.774. The normalized spacial score (nSPS) is 10.4. The molecule has 6 heteroatoms. The summed E-state index contributed by atoms with van der Waals surface area (Å²) in [6.07, 6.45) is 6.34. The highest BCUT2D eigenvalue weighted by Crippen LogP contribution is 2.10. The number of carboxylic acid groups (broad SMARTS) is 1. The highest BCUT2D eigenvalue weighted by molar-refractivity contribution is 5.88. The summed E-state index contributed by atoms with van der Waals surface area (Å²) in [5, 5.41) is 12.1. The first-order chi connectivity index (χ1) is 9.15. The third-order valence-electron chi connectivity index (χ3n) is 2.66. The van der Waals surface area contributed by atoms with Crippen molar-refractivity contribution >= 4 is 11.8 Å². The molecular formula is C13H16N4O2. The molecule has 0 aliphatic carbocycles. The van der Waals surface area contributed by atoms with Crippen molar-refractivity contribution in [3.05, 3.63) is 42.1 Å². The predicted octanol–water partition coefficient (Wildman–Crippen LogP) is 1.79. The molecule has 0 saturated carbocycles. The Bertz CT molecular complexity index is 552. The molecule has 100 valence electrons. The Hall–Kier alpha value is -2.37. The molecular weight excluding hydrogens is 244 g/mol. The van der Waals surface area contributed by atoms with Crippen LogP contribution in [0, 0.1) is 6.92 Å². The summed E-state index contributed by atoms with van der Waals surface area (Å²) in [6.45, 7) is 3.38. The zero-order valence-electron chi connectivity index (χ0n) is 10.7. The Morgan fingerprint density at radius 2 is 2.32 bits per heavy atom. The van der Waals surface area contributed by atoms with Gasteiger partial charge >= 0.3 is 5.97 Å². The van der Waals surface area contributed by atoms with Crippen molar-refractivity contribution in [2.24, 2.45) is 0 Å². The minimum Gasteiger partial charge on any atom is -0.478 e. The van der Waals surface area contributed by atoms with E-state index in [1.165, 1.54) is 0 Å². The second kappa shape index (κ2) is 5.99. The molecule has 2 aromatic heterocycles. The lowest BCUT2D eigenvalue weighted by atomic mass is 10.2. The first kappa shape index (κ1) is 13.1. The van der Waals surface area contributed by atoms with Gasteiger partial charge in [-0.1, -0.05) is 0 Å². The van der Waals surface area contributed by atoms with Crippen LogP contribution in [0.5, 0.6) is 0 Å². The number of carboxylic acids is 1. The average molecular weight is 260 g/mol. The van der Waals surface area contributed by atoms with Gasteiger partial charge in [-0.25, -0.2) is 14.8 Å². The number of rotatable bonds is 6. The van der Waals surface area contributed by atoms with Gasteiger partial charge in [0.2, 0.25) is 0 Å². The van der Waals surface area contributed by atoms with E-state index in [1.54, 1.807) is 31.6 Å². The van der Waals surface area contributed by atoms with Crippen LogP contribution in [-0.2, 0) is 6.54 Å². The third kappa shape index (κ3) is 3.80. The summed E-state index contributed by atoms with van der Waals surface area (Å²) >= 11 is 0. The lowest BCUT2D eigenvalue weighted by Gasteiger charge is -2.08. The highest BCUT2D eigenvalue weighted by atomic mass is 16.4. The first-order valence-electron chi connectivity index (χ1n) is 6.07. The van der Waals surface area contributed by atoms with Crippen LogP contribution in [0.15, 0.2) is 30.9 Å². The standard InChI is InChI=1S/C13H16N4O2/c1-10-7-11(13(18)19)8-12(16-10)15-3-2-5-17-6-4-14-9-17/h4,6-9H,2-3,5H2,1H3,(H,15,16)(H,18,19). The predicted molar refractivity (Wildman–Crippen MR) is 71.3 cm³/mol. The van der Waals surface area contributed by atoms with Crippen LogP contribution >= 0.6 is 0 Å². The molecule has 0 fully saturated rings. The van der Waals surface area contributed by atoms with Crippen molar-refractivity contribution in [1.29, 1.82) is 0 Å². The van der Waals surface area contributed by atoms with Crippen LogP contribution < -0.4 is 5.32 Å². The smallest absolute Gasteiger partial charge is 0.335 e. The molecule has 2 aromatic rings. The largest absolute Gasteiger partial charge is 0.478 e. The van der Waals surface area contributed by atoms with Gasteiger partial charge in [-0.15, -0.1) is 0 Å². The third-order valence-corrected chi connectivity index (χ3v) is 2.66. The summed E-state index contributed by atoms with van der Waals surface area (Å²) < 4.78 is 1.99. The number of nitrogens with zero attached hydrogens (tertiary/aromatic N) is 3. The Morgan fingerprint density at radius 3 is 3.00 bits per heavy atom. The van der Waals surface area contributed by atoms with E-state index in [4.69, 9.17) is 5.11 Å². The van der Waals surface area contributed by atoms with Crippen molar-refractivity contribution in [2.45, 2.75) is 19.9 Å². The fourth-order valence-electron chi connectivity index (χ4n) is 1.78. The molecule has 0 aromatic carbocycles. The molecule has 0 atom stereocenters. The molecule has 0 unspecified atom stereocenters. The fraction of sp³-hybridized carbons (Fsp3) is 0.308. The monoisotopic (exact) mass is 260 g/mol. The number of imidazole rings is 1. The molecule has 0 bridgehead atoms. The number of anilines is 1. The number of aromatic nitrogens is 3. The van der Waals surface area contributed by atoms with Gasteiger partial charge in [0, 0.05) is 31.2 Å². The van der Waals surface area contributed by atoms with E-state index in [0.29, 0.717) is 11.5 Å². The summed E-state index contributed by atoms with van der Waals surface area (Å²) in [6, 6.07) is 3.10. The Kier molecular flexibility index (Phi) is 4.12. The number of aryl methyl sites for hydroxylation is 2. The molecule has 0 amide bonds. The number of nitrogens with one attached hydrogen (secondary N) is 1. The van der Waals surface area contributed by atoms with Gasteiger partial charge in [0.25, 0.3) is 0 Å². The minimum atomic E-state index is -0.938. The summed E-state index contributed by atoms with van der Waals surface area (Å²) in [5.41, 5.74) is 0.946. The van der Waals surface area contributed by atoms with Crippen LogP contribution in [0.25, 0.3) is 0 Å². The lowest BCUT2D eigenvalue weighted by molar-refractivity contribution is 0.0696. The molecule has 0 spiro atoms. The first-order valence-corrected chi connectivity index (χ1v) is 6.07. The molecule has 0 radical (unpaired) electrons. The molecule has 2 N–H and O–H groups in total. The van der Waals surface area contributed by atoms with Crippen molar-refractivity contribution in [1.82, 2.24) is 14.5 Å². The second-order valence-corrected chi connectivity index (χ2v) is 4.27. The molecule has 0 aliphatic rings. The van der Waals surface area contributed by atoms with E-state index >= 15 is 0 Å². The maximum Gasteiger partial charge on any atom is 0.335 e. The molecule has 0 saturated heterocycles. The van der Waals surface area contributed by atoms with E-state index in [0.717, 1.165) is 19.5 Å². The molecule has 19 heavy (non-hydrogen) atoms. The van der Waals surface area contributed by atoms with E-state index in [9.17, 15) is 4.79 Å². The van der Waals surface area contributed by atoms with E-state index in [2.05, 4.69) is 15.3 Å². The molecule has 0 aliphatic heterocycles. The topological polar surface area (TPSA) is 80.0 Å². The van der Waals surface area contributed by atoms with Gasteiger partial charge in [0.05, 0.1) is 11.9 Å². The zero-order chi connectivity index (χ0) is 13.7. The number of pyridine rings is 1. The van der Waals surface area contributed by atoms with E-state index in [-0.39, 0.29) is 5.56 Å². The van der Waals surface area contributed by atoms with Gasteiger partial charge in [0.1, 0.15) is 5.82 Å². The second-order valence-electron chi connectivity index (χ2n) is 4.27. The molecule has 2 heterocycles. The van der Waals surface area contributed by atoms with E-state index in [1.807, 2.05) is 10.8 Å². The number of carbonyl (C=O) groups is 1. The summed E-state index contributed by atoms with van der Waals surface area (Å²) in [5.74, 6) is -0.338. The summed E-state index contributed by atoms with van der Waals surface area (Å²) in [7, 11) is 0. The van der Waals surface area contributed by atoms with Gasteiger partial charge < -0.3 is 15.0 Å². The van der Waals surface area contributed by atoms with Gasteiger partial charge in [-0.05, 0) is 25.5 Å². The van der Waals surface area contributed by atoms with Crippen molar-refractivity contribution in [3.63, 3.8) is 0 Å². The van der Waals surface area contributed by atoms with Crippen LogP contribution in [0.4, 0.5) is 5.82 Å². The van der Waals surface area contributed by atoms with Gasteiger partial charge in [-0.2, -0.15) is 0 Å². The summed E-state index contributed by atoms with van der Waals surface area (Å²) in [4.78, 5) is 19.1. The fourth-order valence-corrected chi connectivity index (χ4v) is 1.78. The van der Waals surface area contributed by atoms with Crippen molar-refractivity contribution < 1.29 is 9.90 Å². The van der Waals surface area contributed by atoms with Gasteiger partial charge in [0.15, 0.2) is 0 Å². The zero-order valence-corrected chi connectivity index (χ0v) is 10.7. The van der Waals surface area contributed by atoms with Crippen LogP contribution in [0.2, 0.25) is 0 Å². The Labute approximate surface area is 111 Å². The SMILES string of the molecule is Cc1cc(C(=O)O)cc(NCCCn2ccnc2)n1. The number of aromatic carboxylic acids is 1. The minimum absolute atomic E-state index is 0.254. The van der Waals surface area contributed by atoms with E-state index < -0.39 is 5.97 Å².